The summed E-state index contributed by atoms with van der Waals surface area (Å²) in [5, 5.41) is 11.3. The van der Waals surface area contributed by atoms with Gasteiger partial charge in [-0.25, -0.2) is 0 Å². The van der Waals surface area contributed by atoms with Gasteiger partial charge in [-0.1, -0.05) is 115 Å². The lowest BCUT2D eigenvalue weighted by atomic mass is 9.97. The predicted octanol–water partition coefficient (Wildman–Crippen LogP) is 10.2. The second-order valence-electron chi connectivity index (χ2n) is 9.53. The first-order valence-corrected chi connectivity index (χ1v) is 12.7. The molecule has 0 saturated heterocycles. The van der Waals surface area contributed by atoms with Crippen molar-refractivity contribution in [3.63, 3.8) is 0 Å². The van der Waals surface area contributed by atoms with Crippen molar-refractivity contribution in [1.82, 2.24) is 0 Å². The first-order chi connectivity index (χ1) is 18.3. The minimum atomic E-state index is 1.08. The molecule has 37 heavy (non-hydrogen) atoms. The van der Waals surface area contributed by atoms with Crippen LogP contribution in [0, 0.1) is 0 Å². The third-order valence-electron chi connectivity index (χ3n) is 7.22. The fourth-order valence-electron chi connectivity index (χ4n) is 5.35. The molecule has 0 bridgehead atoms. The molecule has 0 spiro atoms. The molecule has 1 heteroatoms. The molecule has 0 atom stereocenters. The Balaban J connectivity index is 1.17. The number of benzene rings is 7. The van der Waals surface area contributed by atoms with Gasteiger partial charge in [-0.05, 0) is 84.9 Å². The minimum Gasteiger partial charge on any atom is -0.356 e. The first-order valence-electron chi connectivity index (χ1n) is 12.7. The van der Waals surface area contributed by atoms with E-state index in [4.69, 9.17) is 0 Å². The molecule has 0 aliphatic heterocycles. The zero-order chi connectivity index (χ0) is 24.6. The molecule has 174 valence electrons. The monoisotopic (exact) mass is 471 g/mol. The summed E-state index contributed by atoms with van der Waals surface area (Å²) in [5.74, 6) is 0. The number of anilines is 2. The summed E-state index contributed by atoms with van der Waals surface area (Å²) < 4.78 is 0. The summed E-state index contributed by atoms with van der Waals surface area (Å²) >= 11 is 0. The highest BCUT2D eigenvalue weighted by Gasteiger charge is 2.06. The van der Waals surface area contributed by atoms with Gasteiger partial charge in [-0.15, -0.1) is 0 Å². The van der Waals surface area contributed by atoms with Crippen molar-refractivity contribution in [2.75, 3.05) is 5.32 Å². The highest BCUT2D eigenvalue weighted by molar-refractivity contribution is 6.08. The maximum atomic E-state index is 3.59. The van der Waals surface area contributed by atoms with Crippen LogP contribution in [0.5, 0.6) is 0 Å². The molecule has 0 unspecified atom stereocenters. The summed E-state index contributed by atoms with van der Waals surface area (Å²) in [6, 6.07) is 52.2. The molecule has 7 aromatic rings. The number of fused-ring (bicyclic) bond motifs is 4. The lowest BCUT2D eigenvalue weighted by molar-refractivity contribution is 1.54. The van der Waals surface area contributed by atoms with Gasteiger partial charge in [0.1, 0.15) is 0 Å². The molecule has 0 amide bonds. The van der Waals surface area contributed by atoms with E-state index in [-0.39, 0.29) is 0 Å². The Bertz CT molecular complexity index is 1890. The van der Waals surface area contributed by atoms with Crippen LogP contribution < -0.4 is 5.32 Å². The number of hydrogen-bond donors (Lipinski definition) is 1. The van der Waals surface area contributed by atoms with Crippen LogP contribution in [0.3, 0.4) is 0 Å². The van der Waals surface area contributed by atoms with Gasteiger partial charge in [0.25, 0.3) is 0 Å². The van der Waals surface area contributed by atoms with Crippen molar-refractivity contribution < 1.29 is 0 Å². The van der Waals surface area contributed by atoms with Crippen LogP contribution >= 0.6 is 0 Å². The van der Waals surface area contributed by atoms with Gasteiger partial charge in [0.2, 0.25) is 0 Å². The molecule has 0 aliphatic carbocycles. The van der Waals surface area contributed by atoms with Crippen LogP contribution in [0.1, 0.15) is 0 Å². The molecule has 7 aromatic carbocycles. The molecule has 1 nitrogen and oxygen atoms in total. The summed E-state index contributed by atoms with van der Waals surface area (Å²) in [5.41, 5.74) is 7.06. The van der Waals surface area contributed by atoms with Gasteiger partial charge in [-0.3, -0.25) is 0 Å². The van der Waals surface area contributed by atoms with Crippen molar-refractivity contribution in [3.8, 4) is 22.3 Å². The molecular formula is C36H25N. The summed E-state index contributed by atoms with van der Waals surface area (Å²) in [7, 11) is 0. The Morgan fingerprint density at radius 1 is 0.324 bits per heavy atom. The van der Waals surface area contributed by atoms with E-state index in [1.807, 2.05) is 0 Å². The average Bonchev–Trinajstić information content (AvgIpc) is 2.97. The Kier molecular flexibility index (Phi) is 5.19. The second-order valence-corrected chi connectivity index (χ2v) is 9.53. The number of hydrogen-bond acceptors (Lipinski definition) is 1. The van der Waals surface area contributed by atoms with Crippen LogP contribution in [0.4, 0.5) is 11.4 Å². The maximum absolute atomic E-state index is 3.59. The van der Waals surface area contributed by atoms with Gasteiger partial charge in [0, 0.05) is 11.4 Å². The third-order valence-corrected chi connectivity index (χ3v) is 7.22. The zero-order valence-electron chi connectivity index (χ0n) is 20.4. The Morgan fingerprint density at radius 2 is 0.946 bits per heavy atom. The van der Waals surface area contributed by atoms with E-state index in [1.54, 1.807) is 0 Å². The van der Waals surface area contributed by atoms with Crippen molar-refractivity contribution in [1.29, 1.82) is 0 Å². The largest absolute Gasteiger partial charge is 0.356 e. The quantitative estimate of drug-likeness (QED) is 0.252. The van der Waals surface area contributed by atoms with E-state index in [0.717, 1.165) is 11.4 Å². The smallest absolute Gasteiger partial charge is 0.0390 e. The van der Waals surface area contributed by atoms with Gasteiger partial charge in [0.15, 0.2) is 0 Å². The predicted molar refractivity (Wildman–Crippen MR) is 160 cm³/mol. The molecule has 7 rings (SSSR count). The van der Waals surface area contributed by atoms with Gasteiger partial charge < -0.3 is 5.32 Å². The van der Waals surface area contributed by atoms with E-state index in [9.17, 15) is 0 Å². The van der Waals surface area contributed by atoms with Crippen LogP contribution in [0.15, 0.2) is 146 Å². The molecular weight excluding hydrogens is 446 g/mol. The normalized spacial score (nSPS) is 11.2. The molecule has 0 saturated carbocycles. The molecule has 0 fully saturated rings. The molecule has 0 aliphatic rings. The van der Waals surface area contributed by atoms with Gasteiger partial charge in [-0.2, -0.15) is 0 Å². The number of nitrogens with one attached hydrogen (secondary N) is 1. The molecule has 0 radical (unpaired) electrons. The summed E-state index contributed by atoms with van der Waals surface area (Å²) in [6.45, 7) is 0. The lowest BCUT2D eigenvalue weighted by Crippen LogP contribution is -1.91. The van der Waals surface area contributed by atoms with Crippen LogP contribution in [-0.2, 0) is 0 Å². The summed E-state index contributed by atoms with van der Waals surface area (Å²) in [6.07, 6.45) is 0. The standard InChI is InChI=1S/C36H25N/c1-3-12-33-25(7-1)9-6-14-35(33)27-17-20-31(21-18-27)37-32-11-5-10-28(24-32)29-19-22-36-30(23-29)16-15-26-8-2-4-13-34(26)36/h1-24,37H. The lowest BCUT2D eigenvalue weighted by Gasteiger charge is -2.12. The number of rotatable bonds is 4. The Morgan fingerprint density at radius 3 is 1.81 bits per heavy atom. The topological polar surface area (TPSA) is 12.0 Å². The minimum absolute atomic E-state index is 1.08. The highest BCUT2D eigenvalue weighted by atomic mass is 14.9. The van der Waals surface area contributed by atoms with Crippen LogP contribution in [0.25, 0.3) is 54.6 Å². The van der Waals surface area contributed by atoms with Crippen molar-refractivity contribution in [3.05, 3.63) is 146 Å². The maximum Gasteiger partial charge on any atom is 0.0390 e. The fraction of sp³-hybridized carbons (Fsp3) is 0. The van der Waals surface area contributed by atoms with Crippen molar-refractivity contribution in [2.45, 2.75) is 0 Å². The molecule has 0 heterocycles. The average molecular weight is 472 g/mol. The molecule has 0 aromatic heterocycles. The zero-order valence-corrected chi connectivity index (χ0v) is 20.4. The van der Waals surface area contributed by atoms with Crippen molar-refractivity contribution >= 4 is 43.7 Å². The molecule has 1 N–H and O–H groups in total. The third kappa shape index (κ3) is 4.01. The SMILES string of the molecule is c1cc(Nc2ccc(-c3cccc4ccccc34)cc2)cc(-c2ccc3c(ccc4ccccc43)c2)c1. The summed E-state index contributed by atoms with van der Waals surface area (Å²) in [4.78, 5) is 0. The van der Waals surface area contributed by atoms with E-state index in [2.05, 4.69) is 151 Å². The highest BCUT2D eigenvalue weighted by Crippen LogP contribution is 2.32. The van der Waals surface area contributed by atoms with E-state index in [1.165, 1.54) is 54.6 Å². The van der Waals surface area contributed by atoms with E-state index >= 15 is 0 Å². The van der Waals surface area contributed by atoms with Gasteiger partial charge in [0.05, 0.1) is 0 Å². The fourth-order valence-corrected chi connectivity index (χ4v) is 5.35. The first kappa shape index (κ1) is 21.4. The Labute approximate surface area is 216 Å². The Hall–Kier alpha value is -4.88. The second kappa shape index (κ2) is 8.96. The van der Waals surface area contributed by atoms with E-state index in [0.29, 0.717) is 0 Å². The van der Waals surface area contributed by atoms with E-state index < -0.39 is 0 Å². The van der Waals surface area contributed by atoms with Gasteiger partial charge >= 0.3 is 0 Å². The van der Waals surface area contributed by atoms with Crippen LogP contribution in [-0.4, -0.2) is 0 Å². The van der Waals surface area contributed by atoms with Crippen LogP contribution in [0.2, 0.25) is 0 Å². The van der Waals surface area contributed by atoms with Crippen molar-refractivity contribution in [2.24, 2.45) is 0 Å².